The molecular formula is C9H13B. The summed E-state index contributed by atoms with van der Waals surface area (Å²) >= 11 is 0. The quantitative estimate of drug-likeness (QED) is 0.538. The van der Waals surface area contributed by atoms with Crippen molar-refractivity contribution in [1.29, 1.82) is 0 Å². The molecule has 0 saturated carbocycles. The van der Waals surface area contributed by atoms with Gasteiger partial charge < -0.3 is 0 Å². The van der Waals surface area contributed by atoms with Crippen molar-refractivity contribution >= 4 is 7.85 Å². The van der Waals surface area contributed by atoms with Crippen molar-refractivity contribution < 1.29 is 0 Å². The molecule has 0 saturated heterocycles. The predicted octanol–water partition coefficient (Wildman–Crippen LogP) is 1.84. The topological polar surface area (TPSA) is 0 Å². The van der Waals surface area contributed by atoms with Gasteiger partial charge in [-0.2, -0.15) is 0 Å². The molecule has 52 valence electrons. The van der Waals surface area contributed by atoms with E-state index in [0.717, 1.165) is 0 Å². The molecule has 0 aromatic heterocycles. The van der Waals surface area contributed by atoms with Crippen molar-refractivity contribution in [2.45, 2.75) is 19.2 Å². The van der Waals surface area contributed by atoms with Crippen LogP contribution in [0.3, 0.4) is 0 Å². The summed E-state index contributed by atoms with van der Waals surface area (Å²) in [4.78, 5) is 0. The van der Waals surface area contributed by atoms with E-state index in [1.54, 1.807) is 0 Å². The lowest BCUT2D eigenvalue weighted by atomic mass is 9.87. The van der Waals surface area contributed by atoms with Crippen LogP contribution in [0.25, 0.3) is 0 Å². The van der Waals surface area contributed by atoms with Crippen LogP contribution in [-0.2, 0) is 0 Å². The van der Waals surface area contributed by atoms with Gasteiger partial charge in [0.1, 0.15) is 7.85 Å². The highest BCUT2D eigenvalue weighted by Crippen LogP contribution is 2.16. The Morgan fingerprint density at radius 2 is 1.90 bits per heavy atom. The summed E-state index contributed by atoms with van der Waals surface area (Å²) in [6, 6.07) is 10.6. The molecule has 0 heterocycles. The highest BCUT2D eigenvalue weighted by molar-refractivity contribution is 6.09. The van der Waals surface area contributed by atoms with Crippen LogP contribution in [0.1, 0.15) is 18.4 Å². The minimum absolute atomic E-state index is 0.709. The van der Waals surface area contributed by atoms with E-state index in [9.17, 15) is 0 Å². The third-order valence-electron chi connectivity index (χ3n) is 1.98. The fraction of sp³-hybridized carbons (Fsp3) is 0.333. The number of hydrogen-bond acceptors (Lipinski definition) is 0. The lowest BCUT2D eigenvalue weighted by molar-refractivity contribution is 0.864. The molecule has 0 aliphatic carbocycles. The normalized spacial score (nSPS) is 12.9. The molecule has 1 atom stereocenters. The van der Waals surface area contributed by atoms with Crippen LogP contribution in [0, 0.1) is 0 Å². The Bertz CT molecular complexity index is 181. The summed E-state index contributed by atoms with van der Waals surface area (Å²) in [5, 5.41) is 0. The van der Waals surface area contributed by atoms with E-state index in [4.69, 9.17) is 0 Å². The van der Waals surface area contributed by atoms with E-state index in [-0.39, 0.29) is 0 Å². The first kappa shape index (κ1) is 7.39. The van der Waals surface area contributed by atoms with Crippen LogP contribution >= 0.6 is 0 Å². The molecule has 0 spiro atoms. The second kappa shape index (κ2) is 3.45. The average Bonchev–Trinajstić information content (AvgIpc) is 2.05. The largest absolute Gasteiger partial charge is 0.102 e. The molecular weight excluding hydrogens is 119 g/mol. The molecule has 0 amide bonds. The van der Waals surface area contributed by atoms with Gasteiger partial charge in [0.2, 0.25) is 0 Å². The Balaban J connectivity index is 2.75. The predicted molar refractivity (Wildman–Crippen MR) is 48.2 cm³/mol. The van der Waals surface area contributed by atoms with Crippen LogP contribution in [0.4, 0.5) is 0 Å². The van der Waals surface area contributed by atoms with Crippen molar-refractivity contribution in [2.75, 3.05) is 0 Å². The smallest absolute Gasteiger partial charge is 0.0746 e. The third-order valence-corrected chi connectivity index (χ3v) is 1.98. The first-order valence-electron chi connectivity index (χ1n) is 3.89. The molecule has 0 unspecified atom stereocenters. The Hall–Kier alpha value is -0.715. The number of benzene rings is 1. The zero-order valence-corrected chi connectivity index (χ0v) is 6.67. The van der Waals surface area contributed by atoms with Gasteiger partial charge in [-0.3, -0.25) is 0 Å². The Labute approximate surface area is 63.7 Å². The van der Waals surface area contributed by atoms with Crippen molar-refractivity contribution in [3.05, 3.63) is 35.9 Å². The molecule has 0 radical (unpaired) electrons. The summed E-state index contributed by atoms with van der Waals surface area (Å²) in [5.41, 5.74) is 1.45. The fourth-order valence-electron chi connectivity index (χ4n) is 1.02. The lowest BCUT2D eigenvalue weighted by Gasteiger charge is -2.06. The van der Waals surface area contributed by atoms with Crippen LogP contribution in [0.15, 0.2) is 30.3 Å². The van der Waals surface area contributed by atoms with Gasteiger partial charge in [0.25, 0.3) is 0 Å². The van der Waals surface area contributed by atoms with Gasteiger partial charge in [-0.15, -0.1) is 0 Å². The maximum atomic E-state index is 2.26. The maximum absolute atomic E-state index is 2.26. The second-order valence-corrected chi connectivity index (χ2v) is 2.72. The second-order valence-electron chi connectivity index (χ2n) is 2.72. The van der Waals surface area contributed by atoms with Gasteiger partial charge in [0, 0.05) is 0 Å². The lowest BCUT2D eigenvalue weighted by Crippen LogP contribution is -1.90. The van der Waals surface area contributed by atoms with Gasteiger partial charge in [-0.25, -0.2) is 0 Å². The molecule has 0 fully saturated rings. The van der Waals surface area contributed by atoms with E-state index < -0.39 is 0 Å². The summed E-state index contributed by atoms with van der Waals surface area (Å²) in [7, 11) is 2.22. The Morgan fingerprint density at radius 3 is 2.40 bits per heavy atom. The first-order chi connectivity index (χ1) is 4.84. The van der Waals surface area contributed by atoms with Crippen molar-refractivity contribution in [2.24, 2.45) is 0 Å². The SMILES string of the molecule is BC[C@@H](C)c1ccccc1. The molecule has 1 heteroatoms. The third kappa shape index (κ3) is 1.63. The molecule has 0 nitrogen and oxygen atoms in total. The molecule has 0 aliphatic heterocycles. The standard InChI is InChI=1S/C9H13B/c1-8(7-10)9-5-3-2-4-6-9/h2-6,8H,7,10H2,1H3/t8-/m1/s1. The van der Waals surface area contributed by atoms with Crippen LogP contribution in [0.5, 0.6) is 0 Å². The zero-order chi connectivity index (χ0) is 7.40. The molecule has 10 heavy (non-hydrogen) atoms. The van der Waals surface area contributed by atoms with E-state index >= 15 is 0 Å². The molecule has 0 bridgehead atoms. The van der Waals surface area contributed by atoms with Crippen molar-refractivity contribution in [3.63, 3.8) is 0 Å². The molecule has 1 aromatic rings. The van der Waals surface area contributed by atoms with Crippen LogP contribution in [0.2, 0.25) is 6.32 Å². The van der Waals surface area contributed by atoms with E-state index in [1.807, 2.05) is 0 Å². The highest BCUT2D eigenvalue weighted by atomic mass is 14.0. The van der Waals surface area contributed by atoms with Gasteiger partial charge >= 0.3 is 0 Å². The van der Waals surface area contributed by atoms with E-state index in [0.29, 0.717) is 5.92 Å². The number of hydrogen-bond donors (Lipinski definition) is 0. The van der Waals surface area contributed by atoms with Crippen LogP contribution < -0.4 is 0 Å². The van der Waals surface area contributed by atoms with Gasteiger partial charge in [-0.05, 0) is 11.5 Å². The van der Waals surface area contributed by atoms with Crippen molar-refractivity contribution in [1.82, 2.24) is 0 Å². The first-order valence-corrected chi connectivity index (χ1v) is 3.89. The highest BCUT2D eigenvalue weighted by Gasteiger charge is 1.98. The monoisotopic (exact) mass is 132 g/mol. The summed E-state index contributed by atoms with van der Waals surface area (Å²) in [5.74, 6) is 0.709. The number of rotatable bonds is 2. The average molecular weight is 132 g/mol. The zero-order valence-electron chi connectivity index (χ0n) is 6.67. The molecule has 0 N–H and O–H groups in total. The molecule has 0 aliphatic rings. The minimum Gasteiger partial charge on any atom is -0.0746 e. The van der Waals surface area contributed by atoms with Crippen molar-refractivity contribution in [3.8, 4) is 0 Å². The maximum Gasteiger partial charge on any atom is 0.102 e. The Kier molecular flexibility index (Phi) is 2.55. The summed E-state index contributed by atoms with van der Waals surface area (Å²) in [6.45, 7) is 2.26. The van der Waals surface area contributed by atoms with E-state index in [2.05, 4.69) is 45.1 Å². The fourth-order valence-corrected chi connectivity index (χ4v) is 1.02. The minimum atomic E-state index is 0.709. The van der Waals surface area contributed by atoms with Gasteiger partial charge in [0.15, 0.2) is 0 Å². The Morgan fingerprint density at radius 1 is 1.30 bits per heavy atom. The molecule has 1 rings (SSSR count). The van der Waals surface area contributed by atoms with E-state index in [1.165, 1.54) is 11.9 Å². The van der Waals surface area contributed by atoms with Gasteiger partial charge in [-0.1, -0.05) is 43.6 Å². The summed E-state index contributed by atoms with van der Waals surface area (Å²) < 4.78 is 0. The molecule has 1 aromatic carbocycles. The summed E-state index contributed by atoms with van der Waals surface area (Å²) in [6.07, 6.45) is 1.23. The van der Waals surface area contributed by atoms with Gasteiger partial charge in [0.05, 0.1) is 0 Å². The van der Waals surface area contributed by atoms with Crippen LogP contribution in [-0.4, -0.2) is 7.85 Å².